The summed E-state index contributed by atoms with van der Waals surface area (Å²) in [6.07, 6.45) is 0. The fourth-order valence-electron chi connectivity index (χ4n) is 0.923. The topological polar surface area (TPSA) is 0 Å². The maximum atomic E-state index is 4.60. The minimum Gasteiger partial charge on any atom is -0.160 e. The largest absolute Gasteiger partial charge is 0.160 e. The van der Waals surface area contributed by atoms with Gasteiger partial charge in [-0.25, -0.2) is 0 Å². The van der Waals surface area contributed by atoms with Crippen LogP contribution in [0.1, 0.15) is 13.8 Å². The summed E-state index contributed by atoms with van der Waals surface area (Å²) in [6, 6.07) is 0. The summed E-state index contributed by atoms with van der Waals surface area (Å²) in [7, 11) is 0. The van der Waals surface area contributed by atoms with E-state index < -0.39 is 0 Å². The molecule has 54 valence electrons. The highest BCUT2D eigenvalue weighted by Gasteiger charge is 2.41. The lowest BCUT2D eigenvalue weighted by Crippen LogP contribution is -2.26. The summed E-state index contributed by atoms with van der Waals surface area (Å²) in [6.45, 7) is 4.53. The summed E-state index contributed by atoms with van der Waals surface area (Å²) in [4.78, 5) is 0. The van der Waals surface area contributed by atoms with E-state index in [-0.39, 0.29) is 2.75 Å². The van der Waals surface area contributed by atoms with Gasteiger partial charge in [0.15, 0.2) is 0 Å². The molecule has 1 aliphatic heterocycles. The molecule has 0 aliphatic carbocycles. The quantitative estimate of drug-likeness (QED) is 0.402. The minimum atomic E-state index is 0.239. The Bertz CT molecular complexity index is 102. The van der Waals surface area contributed by atoms with Gasteiger partial charge in [0.1, 0.15) is 0 Å². The van der Waals surface area contributed by atoms with Crippen molar-refractivity contribution in [1.29, 1.82) is 0 Å². The first kappa shape index (κ1) is 8.53. The minimum absolute atomic E-state index is 0.239. The first-order valence-electron chi connectivity index (χ1n) is 3.08. The van der Waals surface area contributed by atoms with E-state index >= 15 is 0 Å². The molecule has 0 aromatic rings. The van der Waals surface area contributed by atoms with Crippen molar-refractivity contribution in [3.63, 3.8) is 0 Å². The van der Waals surface area contributed by atoms with Crippen LogP contribution in [0.2, 0.25) is 0 Å². The van der Waals surface area contributed by atoms with Gasteiger partial charge in [-0.1, -0.05) is 36.4 Å². The molecule has 0 N–H and O–H groups in total. The molecule has 3 heteroatoms. The standard InChI is InChI=1S/C6H11IS2/c1-4-3-9-5(2)6(4,7)8/h4-5,8H,3H2,1-2H3. The smallest absolute Gasteiger partial charge is 0.0791 e. The Morgan fingerprint density at radius 3 is 2.33 bits per heavy atom. The molecule has 0 nitrogen and oxygen atoms in total. The molecule has 0 bridgehead atoms. The Morgan fingerprint density at radius 1 is 1.67 bits per heavy atom. The van der Waals surface area contributed by atoms with Crippen molar-refractivity contribution in [3.8, 4) is 0 Å². The number of halogens is 1. The molecule has 0 saturated carbocycles. The van der Waals surface area contributed by atoms with Crippen LogP contribution in [0, 0.1) is 5.92 Å². The van der Waals surface area contributed by atoms with E-state index in [1.807, 2.05) is 11.8 Å². The third kappa shape index (κ3) is 1.53. The maximum absolute atomic E-state index is 4.60. The van der Waals surface area contributed by atoms with Crippen LogP contribution in [0.4, 0.5) is 0 Å². The first-order chi connectivity index (χ1) is 4.05. The zero-order chi connectivity index (χ0) is 7.07. The van der Waals surface area contributed by atoms with Gasteiger partial charge in [0.25, 0.3) is 0 Å². The van der Waals surface area contributed by atoms with E-state index in [0.717, 1.165) is 5.92 Å². The van der Waals surface area contributed by atoms with Crippen LogP contribution in [0.25, 0.3) is 0 Å². The number of hydrogen-bond donors (Lipinski definition) is 1. The van der Waals surface area contributed by atoms with Crippen molar-refractivity contribution in [3.05, 3.63) is 0 Å². The van der Waals surface area contributed by atoms with Gasteiger partial charge in [0.05, 0.1) is 2.75 Å². The predicted molar refractivity (Wildman–Crippen MR) is 56.8 cm³/mol. The molecule has 1 rings (SSSR count). The van der Waals surface area contributed by atoms with Gasteiger partial charge in [-0.3, -0.25) is 0 Å². The molecule has 1 saturated heterocycles. The summed E-state index contributed by atoms with van der Waals surface area (Å²) in [5, 5.41) is 0.705. The fraction of sp³-hybridized carbons (Fsp3) is 1.00. The van der Waals surface area contributed by atoms with Gasteiger partial charge in [-0.15, -0.1) is 0 Å². The molecule has 1 aliphatic rings. The number of thioether (sulfide) groups is 1. The molecular weight excluding hydrogens is 263 g/mol. The molecule has 1 fully saturated rings. The lowest BCUT2D eigenvalue weighted by molar-refractivity contribution is 0.629. The Labute approximate surface area is 80.1 Å². The van der Waals surface area contributed by atoms with Crippen LogP contribution >= 0.6 is 47.0 Å². The molecule has 3 unspecified atom stereocenters. The van der Waals surface area contributed by atoms with Gasteiger partial charge in [0.2, 0.25) is 0 Å². The second kappa shape index (κ2) is 2.81. The highest BCUT2D eigenvalue weighted by molar-refractivity contribution is 14.1. The number of thiol groups is 1. The van der Waals surface area contributed by atoms with Crippen molar-refractivity contribution >= 4 is 47.0 Å². The Balaban J connectivity index is 2.66. The Morgan fingerprint density at radius 2 is 2.22 bits per heavy atom. The SMILES string of the molecule is CC1CSC(C)C1(S)I. The van der Waals surface area contributed by atoms with Crippen LogP contribution in [0.5, 0.6) is 0 Å². The lowest BCUT2D eigenvalue weighted by Gasteiger charge is -2.23. The molecule has 0 aromatic carbocycles. The summed E-state index contributed by atoms with van der Waals surface area (Å²) in [5.41, 5.74) is 0. The monoisotopic (exact) mass is 274 g/mol. The average molecular weight is 274 g/mol. The van der Waals surface area contributed by atoms with Crippen LogP contribution in [-0.4, -0.2) is 13.8 Å². The van der Waals surface area contributed by atoms with Gasteiger partial charge in [-0.05, 0) is 11.7 Å². The summed E-state index contributed by atoms with van der Waals surface area (Å²) < 4.78 is 0.239. The molecule has 0 aromatic heterocycles. The Kier molecular flexibility index (Phi) is 2.67. The van der Waals surface area contributed by atoms with Crippen molar-refractivity contribution in [2.45, 2.75) is 21.9 Å². The van der Waals surface area contributed by atoms with E-state index in [1.54, 1.807) is 0 Å². The van der Waals surface area contributed by atoms with Crippen molar-refractivity contribution in [2.75, 3.05) is 5.75 Å². The third-order valence-electron chi connectivity index (χ3n) is 1.86. The zero-order valence-electron chi connectivity index (χ0n) is 5.60. The second-order valence-corrected chi connectivity index (χ2v) is 7.36. The third-order valence-corrected chi connectivity index (χ3v) is 6.84. The second-order valence-electron chi connectivity index (χ2n) is 2.60. The van der Waals surface area contributed by atoms with Crippen LogP contribution in [0.3, 0.4) is 0 Å². The van der Waals surface area contributed by atoms with Gasteiger partial charge < -0.3 is 0 Å². The number of hydrogen-bond acceptors (Lipinski definition) is 2. The molecule has 3 atom stereocenters. The molecule has 1 heterocycles. The van der Waals surface area contributed by atoms with E-state index in [4.69, 9.17) is 0 Å². The van der Waals surface area contributed by atoms with E-state index in [2.05, 4.69) is 49.1 Å². The first-order valence-corrected chi connectivity index (χ1v) is 5.65. The van der Waals surface area contributed by atoms with Crippen LogP contribution in [0.15, 0.2) is 0 Å². The zero-order valence-corrected chi connectivity index (χ0v) is 9.46. The van der Waals surface area contributed by atoms with Crippen molar-refractivity contribution in [2.24, 2.45) is 5.92 Å². The highest BCUT2D eigenvalue weighted by atomic mass is 127. The molecule has 0 radical (unpaired) electrons. The molecule has 9 heavy (non-hydrogen) atoms. The van der Waals surface area contributed by atoms with Gasteiger partial charge in [0, 0.05) is 5.25 Å². The summed E-state index contributed by atoms with van der Waals surface area (Å²) >= 11 is 9.09. The summed E-state index contributed by atoms with van der Waals surface area (Å²) in [5.74, 6) is 2.02. The molecular formula is C6H11IS2. The molecule has 0 amide bonds. The predicted octanol–water partition coefficient (Wildman–Crippen LogP) is 2.82. The fourth-order valence-corrected chi connectivity index (χ4v) is 3.73. The lowest BCUT2D eigenvalue weighted by atomic mass is 10.1. The van der Waals surface area contributed by atoms with E-state index in [1.165, 1.54) is 5.75 Å². The van der Waals surface area contributed by atoms with E-state index in [9.17, 15) is 0 Å². The van der Waals surface area contributed by atoms with Crippen LogP contribution in [-0.2, 0) is 0 Å². The average Bonchev–Trinajstić information content (AvgIpc) is 1.96. The normalized spacial score (nSPS) is 52.0. The van der Waals surface area contributed by atoms with Crippen molar-refractivity contribution < 1.29 is 0 Å². The Hall–Kier alpha value is 1.43. The van der Waals surface area contributed by atoms with E-state index in [0.29, 0.717) is 5.25 Å². The molecule has 0 spiro atoms. The van der Waals surface area contributed by atoms with Gasteiger partial charge in [-0.2, -0.15) is 24.4 Å². The maximum Gasteiger partial charge on any atom is 0.0791 e. The van der Waals surface area contributed by atoms with Gasteiger partial charge >= 0.3 is 0 Å². The number of rotatable bonds is 0. The van der Waals surface area contributed by atoms with Crippen LogP contribution < -0.4 is 0 Å². The number of alkyl halides is 1. The highest BCUT2D eigenvalue weighted by Crippen LogP contribution is 2.48. The van der Waals surface area contributed by atoms with Crippen molar-refractivity contribution in [1.82, 2.24) is 0 Å².